The fourth-order valence-corrected chi connectivity index (χ4v) is 5.55. The fraction of sp³-hybridized carbons (Fsp3) is 0.448. The minimum Gasteiger partial charge on any atom is -0.492 e. The molecule has 0 radical (unpaired) electrons. The number of benzene rings is 2. The summed E-state index contributed by atoms with van der Waals surface area (Å²) >= 11 is 0. The van der Waals surface area contributed by atoms with Crippen LogP contribution in [0.2, 0.25) is 0 Å². The molecule has 0 spiro atoms. The van der Waals surface area contributed by atoms with Crippen LogP contribution >= 0.6 is 0 Å². The number of carbonyl (C=O) groups excluding carboxylic acids is 2. The van der Waals surface area contributed by atoms with Gasteiger partial charge >= 0.3 is 5.97 Å². The molecule has 4 rings (SSSR count). The molecule has 2 aliphatic heterocycles. The van der Waals surface area contributed by atoms with Crippen molar-refractivity contribution >= 4 is 23.1 Å². The molecule has 7 nitrogen and oxygen atoms in total. The number of fused-ring (bicyclic) bond motifs is 5. The first-order valence-corrected chi connectivity index (χ1v) is 12.4. The van der Waals surface area contributed by atoms with Gasteiger partial charge in [-0.2, -0.15) is 0 Å². The summed E-state index contributed by atoms with van der Waals surface area (Å²) in [5, 5.41) is 0. The maximum atomic E-state index is 12.5. The van der Waals surface area contributed by atoms with Crippen molar-refractivity contribution in [1.82, 2.24) is 4.90 Å². The predicted molar refractivity (Wildman–Crippen MR) is 142 cm³/mol. The van der Waals surface area contributed by atoms with Crippen molar-refractivity contribution in [2.45, 2.75) is 65.6 Å². The van der Waals surface area contributed by atoms with Crippen LogP contribution in [0.3, 0.4) is 0 Å². The van der Waals surface area contributed by atoms with E-state index in [1.807, 2.05) is 0 Å². The van der Waals surface area contributed by atoms with Crippen LogP contribution in [0.1, 0.15) is 58.6 Å². The van der Waals surface area contributed by atoms with Crippen LogP contribution in [0.5, 0.6) is 17.2 Å². The number of carbonyl (C=O) groups is 2. The van der Waals surface area contributed by atoms with Crippen LogP contribution in [-0.2, 0) is 16.2 Å². The molecule has 0 fully saturated rings. The highest BCUT2D eigenvalue weighted by Crippen LogP contribution is 2.52. The van der Waals surface area contributed by atoms with E-state index in [1.165, 1.54) is 21.7 Å². The third-order valence-corrected chi connectivity index (χ3v) is 6.85. The lowest BCUT2D eigenvalue weighted by Crippen LogP contribution is -2.49. The number of methoxy groups -OCH3 is 1. The first-order chi connectivity index (χ1) is 17.0. The number of nitrogens with zero attached hydrogens (tertiary/aromatic N) is 2. The summed E-state index contributed by atoms with van der Waals surface area (Å²) in [6.45, 7) is 11.5. The maximum absolute atomic E-state index is 12.5. The Kier molecular flexibility index (Phi) is 6.78. The summed E-state index contributed by atoms with van der Waals surface area (Å²) in [5.74, 6) is 0.822. The highest BCUT2D eigenvalue weighted by Gasteiger charge is 2.36. The second-order valence-electron chi connectivity index (χ2n) is 10.5. The number of hydrogen-bond donors (Lipinski definition) is 0. The average Bonchev–Trinajstić information content (AvgIpc) is 2.80. The van der Waals surface area contributed by atoms with Gasteiger partial charge < -0.3 is 24.0 Å². The van der Waals surface area contributed by atoms with E-state index in [0.29, 0.717) is 29.9 Å². The van der Waals surface area contributed by atoms with Gasteiger partial charge in [0.05, 0.1) is 24.6 Å². The van der Waals surface area contributed by atoms with E-state index in [9.17, 15) is 9.59 Å². The normalized spacial score (nSPS) is 15.2. The molecule has 2 aromatic rings. The Morgan fingerprint density at radius 2 is 1.83 bits per heavy atom. The third-order valence-electron chi connectivity index (χ3n) is 6.85. The van der Waals surface area contributed by atoms with Gasteiger partial charge in [-0.25, -0.2) is 0 Å². The largest absolute Gasteiger partial charge is 0.492 e. The summed E-state index contributed by atoms with van der Waals surface area (Å²) in [7, 11) is 4.88. The predicted octanol–water partition coefficient (Wildman–Crippen LogP) is 5.44. The molecule has 0 saturated carbocycles. The van der Waals surface area contributed by atoms with Gasteiger partial charge in [-0.3, -0.25) is 9.59 Å². The monoisotopic (exact) mass is 492 g/mol. The molecule has 192 valence electrons. The molecule has 2 aromatic carbocycles. The van der Waals surface area contributed by atoms with E-state index in [-0.39, 0.29) is 24.3 Å². The van der Waals surface area contributed by atoms with Gasteiger partial charge in [-0.15, -0.1) is 0 Å². The maximum Gasteiger partial charge on any atom is 0.311 e. The van der Waals surface area contributed by atoms with Crippen molar-refractivity contribution < 1.29 is 23.8 Å². The van der Waals surface area contributed by atoms with E-state index in [1.54, 1.807) is 33.3 Å². The molecule has 2 aliphatic rings. The van der Waals surface area contributed by atoms with Crippen LogP contribution in [0, 0.1) is 0 Å². The Morgan fingerprint density at radius 1 is 1.11 bits per heavy atom. The molecule has 0 unspecified atom stereocenters. The summed E-state index contributed by atoms with van der Waals surface area (Å²) in [6.07, 6.45) is 2.39. The molecule has 1 amide bonds. The third kappa shape index (κ3) is 4.43. The molecule has 36 heavy (non-hydrogen) atoms. The van der Waals surface area contributed by atoms with Crippen LogP contribution < -0.4 is 19.1 Å². The molecule has 7 heteroatoms. The van der Waals surface area contributed by atoms with Gasteiger partial charge in [-0.1, -0.05) is 12.1 Å². The van der Waals surface area contributed by atoms with Gasteiger partial charge in [0.2, 0.25) is 5.91 Å². The Labute approximate surface area is 213 Å². The smallest absolute Gasteiger partial charge is 0.311 e. The molecule has 0 aliphatic carbocycles. The Hall–Kier alpha value is -3.48. The number of ether oxygens (including phenoxy) is 3. The summed E-state index contributed by atoms with van der Waals surface area (Å²) in [6, 6.07) is 8.09. The lowest BCUT2D eigenvalue weighted by Gasteiger charge is -2.47. The van der Waals surface area contributed by atoms with E-state index in [0.717, 1.165) is 16.7 Å². The van der Waals surface area contributed by atoms with Crippen LogP contribution in [-0.4, -0.2) is 49.6 Å². The van der Waals surface area contributed by atoms with Crippen LogP contribution in [0.4, 0.5) is 5.69 Å². The van der Waals surface area contributed by atoms with Crippen molar-refractivity contribution in [1.29, 1.82) is 0 Å². The number of esters is 1. The summed E-state index contributed by atoms with van der Waals surface area (Å²) in [5.41, 5.74) is 6.33. The van der Waals surface area contributed by atoms with E-state index in [4.69, 9.17) is 14.2 Å². The second-order valence-corrected chi connectivity index (χ2v) is 10.5. The molecule has 0 aromatic heterocycles. The minimum absolute atomic E-state index is 0.0113. The molecular formula is C29H36N2O5. The lowest BCUT2D eigenvalue weighted by molar-refractivity contribution is -0.138. The zero-order valence-electron chi connectivity index (χ0n) is 22.5. The first-order valence-electron chi connectivity index (χ1n) is 12.4. The lowest BCUT2D eigenvalue weighted by atomic mass is 9.82. The van der Waals surface area contributed by atoms with Crippen molar-refractivity contribution in [3.63, 3.8) is 0 Å². The summed E-state index contributed by atoms with van der Waals surface area (Å²) < 4.78 is 17.6. The van der Waals surface area contributed by atoms with Crippen molar-refractivity contribution in [3.05, 3.63) is 41.5 Å². The van der Waals surface area contributed by atoms with Gasteiger partial charge in [0.15, 0.2) is 11.5 Å². The van der Waals surface area contributed by atoms with Gasteiger partial charge in [0.1, 0.15) is 12.4 Å². The van der Waals surface area contributed by atoms with Crippen molar-refractivity contribution in [3.8, 4) is 28.4 Å². The van der Waals surface area contributed by atoms with Gasteiger partial charge in [-0.05, 0) is 64.0 Å². The number of hydrogen-bond acceptors (Lipinski definition) is 6. The number of rotatable bonds is 6. The molecule has 0 saturated heterocycles. The Morgan fingerprint density at radius 3 is 2.47 bits per heavy atom. The second kappa shape index (κ2) is 9.52. The quantitative estimate of drug-likeness (QED) is 0.395. The SMILES string of the molecule is COc1c(OC(=O)CCC(=O)N(C)C)ccc2c1-c1ccc3c(c1CO2)C(C)=CC(C)(C)N3C(C)C. The minimum atomic E-state index is -0.487. The number of amides is 1. The van der Waals surface area contributed by atoms with Crippen LogP contribution in [0.15, 0.2) is 30.3 Å². The average molecular weight is 493 g/mol. The molecule has 0 atom stereocenters. The van der Waals surface area contributed by atoms with Crippen molar-refractivity contribution in [2.24, 2.45) is 0 Å². The first kappa shape index (κ1) is 25.6. The van der Waals surface area contributed by atoms with Crippen LogP contribution in [0.25, 0.3) is 16.7 Å². The highest BCUT2D eigenvalue weighted by atomic mass is 16.6. The number of allylic oxidation sites excluding steroid dienone is 1. The zero-order chi connectivity index (χ0) is 26.4. The number of anilines is 1. The molecule has 0 N–H and O–H groups in total. The zero-order valence-corrected chi connectivity index (χ0v) is 22.5. The van der Waals surface area contributed by atoms with Gasteiger partial charge in [0, 0.05) is 43.4 Å². The molecule has 0 bridgehead atoms. The van der Waals surface area contributed by atoms with Crippen molar-refractivity contribution in [2.75, 3.05) is 26.1 Å². The Balaban J connectivity index is 1.76. The fourth-order valence-electron chi connectivity index (χ4n) is 5.55. The standard InChI is InChI=1S/C29H36N2O5/c1-17(2)31-21-10-9-19-20(26(21)18(3)15-29(31,4)5)16-35-22-11-12-23(28(34-8)27(19)22)36-25(33)14-13-24(32)30(6)7/h9-12,15,17H,13-14,16H2,1-8H3. The van der Waals surface area contributed by atoms with E-state index in [2.05, 4.69) is 57.7 Å². The molecular weight excluding hydrogens is 456 g/mol. The van der Waals surface area contributed by atoms with Gasteiger partial charge in [0.25, 0.3) is 0 Å². The molecule has 2 heterocycles. The highest BCUT2D eigenvalue weighted by molar-refractivity contribution is 5.92. The van der Waals surface area contributed by atoms with E-state index >= 15 is 0 Å². The summed E-state index contributed by atoms with van der Waals surface area (Å²) in [4.78, 5) is 28.3. The Bertz CT molecular complexity index is 1240. The topological polar surface area (TPSA) is 68.3 Å². The van der Waals surface area contributed by atoms with E-state index < -0.39 is 5.97 Å².